The van der Waals surface area contributed by atoms with Gasteiger partial charge in [-0.1, -0.05) is 30.3 Å². The number of esters is 1. The Hall–Kier alpha value is -3.87. The fourth-order valence-corrected chi connectivity index (χ4v) is 3.09. The number of ether oxygens (including phenoxy) is 1. The van der Waals surface area contributed by atoms with E-state index in [1.165, 1.54) is 6.26 Å². The highest BCUT2D eigenvalue weighted by Crippen LogP contribution is 2.20. The van der Waals surface area contributed by atoms with Crippen molar-refractivity contribution >= 4 is 23.5 Å². The van der Waals surface area contributed by atoms with E-state index in [2.05, 4.69) is 10.6 Å². The zero-order valence-electron chi connectivity index (χ0n) is 15.4. The third kappa shape index (κ3) is 4.19. The molecule has 2 heterocycles. The van der Waals surface area contributed by atoms with Gasteiger partial charge >= 0.3 is 5.97 Å². The molecule has 29 heavy (non-hydrogen) atoms. The molecule has 0 aliphatic carbocycles. The molecular weight excluding hydrogens is 372 g/mol. The minimum Gasteiger partial charge on any atom is -0.459 e. The molecular formula is C22H18N2O5. The number of carbonyl (C=O) groups is 3. The van der Waals surface area contributed by atoms with E-state index in [0.29, 0.717) is 17.7 Å². The lowest BCUT2D eigenvalue weighted by Crippen LogP contribution is -2.41. The quantitative estimate of drug-likeness (QED) is 0.653. The van der Waals surface area contributed by atoms with Crippen molar-refractivity contribution in [2.45, 2.75) is 19.1 Å². The minimum absolute atomic E-state index is 0.227. The number of hydrogen-bond donors (Lipinski definition) is 2. The summed E-state index contributed by atoms with van der Waals surface area (Å²) in [7, 11) is 0. The smallest absolute Gasteiger partial charge is 0.339 e. The fourth-order valence-electron chi connectivity index (χ4n) is 3.09. The third-order valence-corrected chi connectivity index (χ3v) is 4.61. The minimum atomic E-state index is -0.843. The van der Waals surface area contributed by atoms with Crippen LogP contribution in [0.15, 0.2) is 71.3 Å². The Morgan fingerprint density at radius 1 is 1.00 bits per heavy atom. The van der Waals surface area contributed by atoms with Crippen molar-refractivity contribution in [1.29, 1.82) is 0 Å². The normalized spacial score (nSPS) is 15.2. The Bertz CT molecular complexity index is 1040. The van der Waals surface area contributed by atoms with E-state index in [1.54, 1.807) is 48.5 Å². The molecule has 7 heteroatoms. The summed E-state index contributed by atoms with van der Waals surface area (Å²) in [5.41, 5.74) is 2.76. The summed E-state index contributed by atoms with van der Waals surface area (Å²) >= 11 is 0. The molecule has 1 unspecified atom stereocenters. The molecule has 146 valence electrons. The predicted molar refractivity (Wildman–Crippen MR) is 104 cm³/mol. The standard InChI is InChI=1S/C22H18N2O5/c25-20(19-12-15-4-1-2-5-17(15)22(27)29-19)23-13-14-7-9-16(10-8-14)24-21(26)18-6-3-11-28-18/h1-11,19H,12-13H2,(H,23,25)(H,24,26). The van der Waals surface area contributed by atoms with Crippen LogP contribution >= 0.6 is 0 Å². The van der Waals surface area contributed by atoms with Gasteiger partial charge in [0.1, 0.15) is 0 Å². The number of amides is 2. The van der Waals surface area contributed by atoms with Gasteiger partial charge in [0.15, 0.2) is 11.9 Å². The summed E-state index contributed by atoms with van der Waals surface area (Å²) in [5.74, 6) is -0.938. The lowest BCUT2D eigenvalue weighted by atomic mass is 9.98. The Morgan fingerprint density at radius 3 is 2.55 bits per heavy atom. The first-order valence-electron chi connectivity index (χ1n) is 9.10. The van der Waals surface area contributed by atoms with Crippen LogP contribution in [0.5, 0.6) is 0 Å². The number of cyclic esters (lactones) is 1. The van der Waals surface area contributed by atoms with E-state index in [1.807, 2.05) is 12.1 Å². The number of rotatable bonds is 5. The van der Waals surface area contributed by atoms with Crippen LogP contribution in [0, 0.1) is 0 Å². The molecule has 0 spiro atoms. The van der Waals surface area contributed by atoms with Crippen LogP contribution < -0.4 is 10.6 Å². The maximum Gasteiger partial charge on any atom is 0.339 e. The predicted octanol–water partition coefficient (Wildman–Crippen LogP) is 2.93. The number of fused-ring (bicyclic) bond motifs is 1. The van der Waals surface area contributed by atoms with Crippen molar-refractivity contribution in [2.75, 3.05) is 5.32 Å². The molecule has 0 saturated heterocycles. The zero-order chi connectivity index (χ0) is 20.2. The van der Waals surface area contributed by atoms with Gasteiger partial charge in [0.25, 0.3) is 11.8 Å². The number of furan rings is 1. The number of hydrogen-bond acceptors (Lipinski definition) is 5. The van der Waals surface area contributed by atoms with Gasteiger partial charge in [0.2, 0.25) is 0 Å². The number of benzene rings is 2. The largest absolute Gasteiger partial charge is 0.459 e. The first kappa shape index (κ1) is 18.5. The van der Waals surface area contributed by atoms with Crippen LogP contribution in [0.25, 0.3) is 0 Å². The molecule has 0 radical (unpaired) electrons. The van der Waals surface area contributed by atoms with Crippen molar-refractivity contribution in [1.82, 2.24) is 5.32 Å². The third-order valence-electron chi connectivity index (χ3n) is 4.61. The van der Waals surface area contributed by atoms with E-state index in [-0.39, 0.29) is 24.1 Å². The zero-order valence-corrected chi connectivity index (χ0v) is 15.4. The van der Waals surface area contributed by atoms with Gasteiger partial charge in [0, 0.05) is 18.7 Å². The van der Waals surface area contributed by atoms with E-state index < -0.39 is 12.1 Å². The van der Waals surface area contributed by atoms with E-state index in [9.17, 15) is 14.4 Å². The molecule has 0 saturated carbocycles. The van der Waals surface area contributed by atoms with Crippen molar-refractivity contribution in [3.8, 4) is 0 Å². The average Bonchev–Trinajstić information content (AvgIpc) is 3.28. The second-order valence-electron chi connectivity index (χ2n) is 6.60. The average molecular weight is 390 g/mol. The van der Waals surface area contributed by atoms with Gasteiger partial charge in [-0.15, -0.1) is 0 Å². The van der Waals surface area contributed by atoms with Crippen LogP contribution in [-0.2, 0) is 22.5 Å². The van der Waals surface area contributed by atoms with E-state index >= 15 is 0 Å². The lowest BCUT2D eigenvalue weighted by Gasteiger charge is -2.23. The van der Waals surface area contributed by atoms with Gasteiger partial charge in [-0.05, 0) is 41.5 Å². The molecule has 7 nitrogen and oxygen atoms in total. The SMILES string of the molecule is O=C(Nc1ccc(CNC(=O)C2Cc3ccccc3C(=O)O2)cc1)c1ccco1. The Kier molecular flexibility index (Phi) is 5.11. The summed E-state index contributed by atoms with van der Waals surface area (Å²) in [6.07, 6.45) is 0.943. The molecule has 1 atom stereocenters. The summed E-state index contributed by atoms with van der Waals surface area (Å²) in [5, 5.41) is 5.51. The fraction of sp³-hybridized carbons (Fsp3) is 0.136. The van der Waals surface area contributed by atoms with Gasteiger partial charge in [-0.3, -0.25) is 9.59 Å². The summed E-state index contributed by atoms with van der Waals surface area (Å²) < 4.78 is 10.3. The van der Waals surface area contributed by atoms with Crippen LogP contribution in [-0.4, -0.2) is 23.9 Å². The maximum absolute atomic E-state index is 12.4. The van der Waals surface area contributed by atoms with E-state index in [0.717, 1.165) is 11.1 Å². The highest BCUT2D eigenvalue weighted by Gasteiger charge is 2.30. The van der Waals surface area contributed by atoms with Gasteiger partial charge < -0.3 is 19.8 Å². The van der Waals surface area contributed by atoms with Crippen molar-refractivity contribution in [3.63, 3.8) is 0 Å². The molecule has 0 bridgehead atoms. The molecule has 1 aliphatic heterocycles. The maximum atomic E-state index is 12.4. The first-order valence-corrected chi connectivity index (χ1v) is 9.10. The molecule has 1 aromatic heterocycles. The Balaban J connectivity index is 1.32. The number of nitrogens with one attached hydrogen (secondary N) is 2. The number of anilines is 1. The second-order valence-corrected chi connectivity index (χ2v) is 6.60. The molecule has 3 aromatic rings. The van der Waals surface area contributed by atoms with Crippen LogP contribution in [0.2, 0.25) is 0 Å². The molecule has 0 fully saturated rings. The molecule has 2 aromatic carbocycles. The van der Waals surface area contributed by atoms with Gasteiger partial charge in [0.05, 0.1) is 11.8 Å². The second kappa shape index (κ2) is 8.02. The van der Waals surface area contributed by atoms with E-state index in [4.69, 9.17) is 9.15 Å². The summed E-state index contributed by atoms with van der Waals surface area (Å²) in [6.45, 7) is 0.279. The van der Waals surface area contributed by atoms with Crippen LogP contribution in [0.1, 0.15) is 32.0 Å². The summed E-state index contributed by atoms with van der Waals surface area (Å²) in [4.78, 5) is 36.4. The summed E-state index contributed by atoms with van der Waals surface area (Å²) in [6, 6.07) is 17.4. The number of carbonyl (C=O) groups excluding carboxylic acids is 3. The molecule has 4 rings (SSSR count). The van der Waals surface area contributed by atoms with Crippen LogP contribution in [0.3, 0.4) is 0 Å². The topological polar surface area (TPSA) is 97.6 Å². The van der Waals surface area contributed by atoms with Crippen molar-refractivity contribution in [2.24, 2.45) is 0 Å². The molecule has 2 N–H and O–H groups in total. The van der Waals surface area contributed by atoms with Gasteiger partial charge in [-0.25, -0.2) is 4.79 Å². The Morgan fingerprint density at radius 2 is 1.79 bits per heavy atom. The highest BCUT2D eigenvalue weighted by molar-refractivity contribution is 6.02. The molecule has 1 aliphatic rings. The van der Waals surface area contributed by atoms with Crippen molar-refractivity contribution in [3.05, 3.63) is 89.4 Å². The first-order chi connectivity index (χ1) is 14.1. The highest BCUT2D eigenvalue weighted by atomic mass is 16.5. The van der Waals surface area contributed by atoms with Crippen molar-refractivity contribution < 1.29 is 23.5 Å². The Labute approximate surface area is 166 Å². The molecule has 2 amide bonds. The monoisotopic (exact) mass is 390 g/mol. The van der Waals surface area contributed by atoms with Gasteiger partial charge in [-0.2, -0.15) is 0 Å². The lowest BCUT2D eigenvalue weighted by molar-refractivity contribution is -0.130. The van der Waals surface area contributed by atoms with Crippen LogP contribution in [0.4, 0.5) is 5.69 Å².